The maximum atomic E-state index is 5.19. The first-order valence-corrected chi connectivity index (χ1v) is 7.25. The molecule has 0 bridgehead atoms. The molecule has 2 aromatic rings. The van der Waals surface area contributed by atoms with Gasteiger partial charge in [0.05, 0.1) is 12.2 Å². The minimum absolute atomic E-state index is 0.433. The van der Waals surface area contributed by atoms with E-state index in [2.05, 4.69) is 27.5 Å². The Bertz CT molecular complexity index is 581. The molecule has 0 spiro atoms. The molecule has 0 saturated heterocycles. The van der Waals surface area contributed by atoms with Crippen LogP contribution in [0.3, 0.4) is 0 Å². The molecular weight excluding hydrogens is 254 g/mol. The predicted molar refractivity (Wildman–Crippen MR) is 74.3 cm³/mol. The Morgan fingerprint density at radius 3 is 2.95 bits per heavy atom. The molecule has 0 aliphatic carbocycles. The van der Waals surface area contributed by atoms with Crippen molar-refractivity contribution in [2.24, 2.45) is 0 Å². The summed E-state index contributed by atoms with van der Waals surface area (Å²) in [5, 5.41) is 12.1. The highest BCUT2D eigenvalue weighted by Crippen LogP contribution is 2.16. The van der Waals surface area contributed by atoms with E-state index >= 15 is 0 Å². The van der Waals surface area contributed by atoms with Gasteiger partial charge in [0, 0.05) is 31.0 Å². The standard InChI is InChI=1S/C14H21N5O/c1-4-13-16-14-6-5-11(8-19(14)17-13)15-7-12-9(2)18-20-10(12)3/h11,15H,4-8H2,1-3H3. The third kappa shape index (κ3) is 2.47. The van der Waals surface area contributed by atoms with Crippen LogP contribution >= 0.6 is 0 Å². The third-order valence-corrected chi connectivity index (χ3v) is 3.97. The lowest BCUT2D eigenvalue weighted by Gasteiger charge is -2.23. The zero-order chi connectivity index (χ0) is 14.1. The maximum absolute atomic E-state index is 5.19. The van der Waals surface area contributed by atoms with E-state index in [9.17, 15) is 0 Å². The second kappa shape index (κ2) is 5.36. The highest BCUT2D eigenvalue weighted by Gasteiger charge is 2.21. The molecule has 6 heteroatoms. The van der Waals surface area contributed by atoms with Crippen LogP contribution in [0.5, 0.6) is 0 Å². The molecule has 6 nitrogen and oxygen atoms in total. The van der Waals surface area contributed by atoms with Crippen molar-refractivity contribution in [1.29, 1.82) is 0 Å². The van der Waals surface area contributed by atoms with E-state index in [4.69, 9.17) is 4.52 Å². The number of fused-ring (bicyclic) bond motifs is 1. The fraction of sp³-hybridized carbons (Fsp3) is 0.643. The van der Waals surface area contributed by atoms with Gasteiger partial charge in [0.1, 0.15) is 11.6 Å². The quantitative estimate of drug-likeness (QED) is 0.917. The summed E-state index contributed by atoms with van der Waals surface area (Å²) in [6.07, 6.45) is 2.99. The molecule has 0 aromatic carbocycles. The lowest BCUT2D eigenvalue weighted by Crippen LogP contribution is -2.37. The first-order valence-electron chi connectivity index (χ1n) is 7.25. The van der Waals surface area contributed by atoms with Crippen molar-refractivity contribution in [3.05, 3.63) is 28.7 Å². The van der Waals surface area contributed by atoms with E-state index in [0.717, 1.165) is 55.5 Å². The van der Waals surface area contributed by atoms with Crippen LogP contribution in [0.15, 0.2) is 4.52 Å². The van der Waals surface area contributed by atoms with E-state index in [1.54, 1.807) is 0 Å². The monoisotopic (exact) mass is 275 g/mol. The van der Waals surface area contributed by atoms with Crippen molar-refractivity contribution in [3.63, 3.8) is 0 Å². The lowest BCUT2D eigenvalue weighted by molar-refractivity contribution is 0.355. The topological polar surface area (TPSA) is 68.8 Å². The largest absolute Gasteiger partial charge is 0.361 e. The van der Waals surface area contributed by atoms with Gasteiger partial charge in [-0.15, -0.1) is 0 Å². The Labute approximate surface area is 118 Å². The van der Waals surface area contributed by atoms with Crippen LogP contribution in [0.4, 0.5) is 0 Å². The van der Waals surface area contributed by atoms with Crippen molar-refractivity contribution in [2.45, 2.75) is 59.2 Å². The number of hydrogen-bond donors (Lipinski definition) is 1. The molecular formula is C14H21N5O. The highest BCUT2D eigenvalue weighted by atomic mass is 16.5. The van der Waals surface area contributed by atoms with Crippen LogP contribution in [0.1, 0.15) is 42.0 Å². The summed E-state index contributed by atoms with van der Waals surface area (Å²) in [5.74, 6) is 2.98. The Morgan fingerprint density at radius 1 is 1.40 bits per heavy atom. The zero-order valence-electron chi connectivity index (χ0n) is 12.3. The summed E-state index contributed by atoms with van der Waals surface area (Å²) in [5.41, 5.74) is 2.14. The van der Waals surface area contributed by atoms with E-state index < -0.39 is 0 Å². The van der Waals surface area contributed by atoms with E-state index in [-0.39, 0.29) is 0 Å². The molecule has 1 aliphatic heterocycles. The average molecular weight is 275 g/mol. The van der Waals surface area contributed by atoms with Gasteiger partial charge < -0.3 is 9.84 Å². The third-order valence-electron chi connectivity index (χ3n) is 3.97. The van der Waals surface area contributed by atoms with Crippen LogP contribution in [0.2, 0.25) is 0 Å². The normalized spacial score (nSPS) is 18.2. The summed E-state index contributed by atoms with van der Waals surface area (Å²) in [7, 11) is 0. The molecule has 108 valence electrons. The predicted octanol–water partition coefficient (Wildman–Crippen LogP) is 1.55. The van der Waals surface area contributed by atoms with Gasteiger partial charge in [0.15, 0.2) is 5.82 Å². The Balaban J connectivity index is 1.63. The van der Waals surface area contributed by atoms with Gasteiger partial charge in [0.25, 0.3) is 0 Å². The number of hydrogen-bond acceptors (Lipinski definition) is 5. The maximum Gasteiger partial charge on any atom is 0.150 e. The molecule has 1 unspecified atom stereocenters. The molecule has 1 atom stereocenters. The van der Waals surface area contributed by atoms with Crippen molar-refractivity contribution in [2.75, 3.05) is 0 Å². The molecule has 2 aromatic heterocycles. The van der Waals surface area contributed by atoms with Gasteiger partial charge in [-0.2, -0.15) is 5.10 Å². The van der Waals surface area contributed by atoms with Gasteiger partial charge >= 0.3 is 0 Å². The van der Waals surface area contributed by atoms with Crippen molar-refractivity contribution in [1.82, 2.24) is 25.2 Å². The highest BCUT2D eigenvalue weighted by molar-refractivity contribution is 5.20. The Morgan fingerprint density at radius 2 is 2.25 bits per heavy atom. The molecule has 20 heavy (non-hydrogen) atoms. The molecule has 3 rings (SSSR count). The summed E-state index contributed by atoms with van der Waals surface area (Å²) in [6, 6.07) is 0.433. The second-order valence-electron chi connectivity index (χ2n) is 5.40. The molecule has 0 amide bonds. The number of aryl methyl sites for hydroxylation is 4. The minimum atomic E-state index is 0.433. The summed E-state index contributed by atoms with van der Waals surface area (Å²) in [6.45, 7) is 7.73. The second-order valence-corrected chi connectivity index (χ2v) is 5.40. The van der Waals surface area contributed by atoms with Crippen LogP contribution in [0, 0.1) is 13.8 Å². The van der Waals surface area contributed by atoms with Crippen molar-refractivity contribution in [3.8, 4) is 0 Å². The molecule has 3 heterocycles. The Kier molecular flexibility index (Phi) is 3.56. The van der Waals surface area contributed by atoms with Gasteiger partial charge in [-0.1, -0.05) is 12.1 Å². The van der Waals surface area contributed by atoms with Crippen LogP contribution in [-0.4, -0.2) is 26.0 Å². The molecule has 0 fully saturated rings. The lowest BCUT2D eigenvalue weighted by atomic mass is 10.1. The summed E-state index contributed by atoms with van der Waals surface area (Å²) >= 11 is 0. The number of aromatic nitrogens is 4. The first-order chi connectivity index (χ1) is 9.67. The van der Waals surface area contributed by atoms with Gasteiger partial charge in [-0.3, -0.25) is 0 Å². The van der Waals surface area contributed by atoms with E-state index in [0.29, 0.717) is 6.04 Å². The average Bonchev–Trinajstić information content (AvgIpc) is 3.00. The van der Waals surface area contributed by atoms with Crippen LogP contribution in [0.25, 0.3) is 0 Å². The fourth-order valence-corrected chi connectivity index (χ4v) is 2.68. The smallest absolute Gasteiger partial charge is 0.150 e. The van der Waals surface area contributed by atoms with E-state index in [1.165, 1.54) is 5.56 Å². The number of nitrogens with zero attached hydrogens (tertiary/aromatic N) is 4. The summed E-state index contributed by atoms with van der Waals surface area (Å²) in [4.78, 5) is 4.54. The van der Waals surface area contributed by atoms with Crippen molar-refractivity contribution < 1.29 is 4.52 Å². The minimum Gasteiger partial charge on any atom is -0.361 e. The van der Waals surface area contributed by atoms with Crippen LogP contribution < -0.4 is 5.32 Å². The molecule has 1 aliphatic rings. The van der Waals surface area contributed by atoms with Gasteiger partial charge in [-0.05, 0) is 20.3 Å². The van der Waals surface area contributed by atoms with Gasteiger partial charge in [0.2, 0.25) is 0 Å². The van der Waals surface area contributed by atoms with E-state index in [1.807, 2.05) is 18.5 Å². The summed E-state index contributed by atoms with van der Waals surface area (Å²) < 4.78 is 7.24. The fourth-order valence-electron chi connectivity index (χ4n) is 2.68. The van der Waals surface area contributed by atoms with Crippen molar-refractivity contribution >= 4 is 0 Å². The first kappa shape index (κ1) is 13.3. The van der Waals surface area contributed by atoms with Gasteiger partial charge in [-0.25, -0.2) is 9.67 Å². The van der Waals surface area contributed by atoms with Crippen LogP contribution in [-0.2, 0) is 25.9 Å². The number of rotatable bonds is 4. The Hall–Kier alpha value is -1.69. The molecule has 1 N–H and O–H groups in total. The molecule has 0 saturated carbocycles. The number of nitrogens with one attached hydrogen (secondary N) is 1. The molecule has 0 radical (unpaired) electrons. The zero-order valence-corrected chi connectivity index (χ0v) is 12.3. The SMILES string of the molecule is CCc1nc2n(n1)CC(NCc1c(C)noc1C)CC2.